The van der Waals surface area contributed by atoms with Gasteiger partial charge >= 0.3 is 11.9 Å². The number of esters is 1. The number of benzene rings is 2. The van der Waals surface area contributed by atoms with E-state index in [9.17, 15) is 9.59 Å². The number of ether oxygens (including phenoxy) is 2. The Bertz CT molecular complexity index is 1040. The van der Waals surface area contributed by atoms with Crippen LogP contribution >= 0.6 is 15.9 Å². The van der Waals surface area contributed by atoms with Gasteiger partial charge in [0.05, 0.1) is 18.4 Å². The van der Waals surface area contributed by atoms with Crippen molar-refractivity contribution in [1.82, 2.24) is 5.43 Å². The maximum absolute atomic E-state index is 12.3. The number of furan rings is 1. The number of carbonyl (C=O) groups is 2. The van der Waals surface area contributed by atoms with E-state index in [4.69, 9.17) is 13.9 Å². The molecule has 7 nitrogen and oxygen atoms in total. The Kier molecular flexibility index (Phi) is 8.00. The van der Waals surface area contributed by atoms with Gasteiger partial charge in [-0.2, -0.15) is 5.10 Å². The molecule has 0 spiro atoms. The first-order valence-electron chi connectivity index (χ1n) is 9.69. The topological polar surface area (TPSA) is 90.1 Å². The van der Waals surface area contributed by atoms with E-state index in [1.165, 1.54) is 12.3 Å². The second kappa shape index (κ2) is 11.1. The molecule has 160 valence electrons. The zero-order valence-corrected chi connectivity index (χ0v) is 18.4. The van der Waals surface area contributed by atoms with Crippen molar-refractivity contribution in [2.75, 3.05) is 6.61 Å². The van der Waals surface area contributed by atoms with Crippen LogP contribution in [0, 0.1) is 0 Å². The third-order valence-electron chi connectivity index (χ3n) is 4.12. The van der Waals surface area contributed by atoms with Gasteiger partial charge in [-0.3, -0.25) is 4.79 Å². The molecule has 0 saturated heterocycles. The lowest BCUT2D eigenvalue weighted by Crippen LogP contribution is -2.16. The minimum Gasteiger partial charge on any atom is -0.494 e. The minimum absolute atomic E-state index is 0.145. The molecular weight excluding hydrogens is 464 g/mol. The monoisotopic (exact) mass is 484 g/mol. The molecule has 0 aliphatic heterocycles. The predicted octanol–water partition coefficient (Wildman–Crippen LogP) is 5.20. The minimum atomic E-state index is -0.464. The highest BCUT2D eigenvalue weighted by molar-refractivity contribution is 9.10. The van der Waals surface area contributed by atoms with Crippen LogP contribution in [0.1, 0.15) is 46.2 Å². The van der Waals surface area contributed by atoms with E-state index in [0.717, 1.165) is 18.6 Å². The summed E-state index contributed by atoms with van der Waals surface area (Å²) >= 11 is 3.13. The molecule has 2 aromatic carbocycles. The maximum atomic E-state index is 12.3. The van der Waals surface area contributed by atoms with Crippen LogP contribution in [0.2, 0.25) is 0 Å². The van der Waals surface area contributed by atoms with Gasteiger partial charge in [-0.15, -0.1) is 0 Å². The van der Waals surface area contributed by atoms with E-state index in [0.29, 0.717) is 28.2 Å². The Hall–Kier alpha value is -3.39. The molecule has 0 atom stereocenters. The number of halogens is 1. The van der Waals surface area contributed by atoms with Crippen LogP contribution in [0.15, 0.2) is 74.9 Å². The molecule has 0 saturated carbocycles. The third kappa shape index (κ3) is 6.82. The molecule has 1 amide bonds. The molecule has 0 bridgehead atoms. The number of carbonyl (C=O) groups excluding carboxylic acids is 2. The van der Waals surface area contributed by atoms with E-state index in [-0.39, 0.29) is 5.76 Å². The molecule has 0 unspecified atom stereocenters. The number of unbranched alkanes of at least 4 members (excludes halogenated alkanes) is 1. The summed E-state index contributed by atoms with van der Waals surface area (Å²) in [5, 5.41) is 3.88. The van der Waals surface area contributed by atoms with E-state index < -0.39 is 11.9 Å². The smallest absolute Gasteiger partial charge is 0.343 e. The Morgan fingerprint density at radius 3 is 2.39 bits per heavy atom. The highest BCUT2D eigenvalue weighted by Gasteiger charge is 2.10. The summed E-state index contributed by atoms with van der Waals surface area (Å²) in [4.78, 5) is 24.1. The summed E-state index contributed by atoms with van der Waals surface area (Å²) in [5.74, 6) is 0.342. The number of amides is 1. The molecule has 3 aromatic rings. The Balaban J connectivity index is 1.50. The van der Waals surface area contributed by atoms with Crippen molar-refractivity contribution >= 4 is 34.0 Å². The number of nitrogens with one attached hydrogen (secondary N) is 1. The number of hydrazone groups is 1. The van der Waals surface area contributed by atoms with Gasteiger partial charge in [0.25, 0.3) is 0 Å². The zero-order valence-electron chi connectivity index (χ0n) is 16.8. The van der Waals surface area contributed by atoms with E-state index in [1.807, 2.05) is 0 Å². The van der Waals surface area contributed by atoms with Crippen molar-refractivity contribution < 1.29 is 23.5 Å². The second-order valence-electron chi connectivity index (χ2n) is 6.49. The first kappa shape index (κ1) is 22.3. The van der Waals surface area contributed by atoms with Gasteiger partial charge in [0.2, 0.25) is 0 Å². The molecule has 31 heavy (non-hydrogen) atoms. The van der Waals surface area contributed by atoms with Gasteiger partial charge in [-0.25, -0.2) is 10.2 Å². The standard InChI is InChI=1S/C23H21BrN2O5/c1-2-3-14-29-18-10-6-17(7-11-18)23(28)30-19-8-4-16(5-9-19)15-25-26-22(27)20-12-13-21(24)31-20/h4-13,15H,2-3,14H2,1H3,(H,26,27)/b25-15+. The van der Waals surface area contributed by atoms with Gasteiger partial charge in [0.15, 0.2) is 10.4 Å². The second-order valence-corrected chi connectivity index (χ2v) is 7.27. The van der Waals surface area contributed by atoms with Crippen LogP contribution < -0.4 is 14.9 Å². The van der Waals surface area contributed by atoms with Gasteiger partial charge in [0, 0.05) is 0 Å². The predicted molar refractivity (Wildman–Crippen MR) is 120 cm³/mol. The van der Waals surface area contributed by atoms with Crippen LogP contribution in [-0.2, 0) is 0 Å². The molecule has 3 rings (SSSR count). The van der Waals surface area contributed by atoms with Crippen LogP contribution in [-0.4, -0.2) is 24.7 Å². The average Bonchev–Trinajstić information content (AvgIpc) is 3.22. The van der Waals surface area contributed by atoms with E-state index in [2.05, 4.69) is 33.4 Å². The molecule has 1 aromatic heterocycles. The largest absolute Gasteiger partial charge is 0.494 e. The van der Waals surface area contributed by atoms with E-state index in [1.54, 1.807) is 54.6 Å². The lowest BCUT2D eigenvalue weighted by Gasteiger charge is -2.07. The van der Waals surface area contributed by atoms with Crippen molar-refractivity contribution in [3.8, 4) is 11.5 Å². The summed E-state index contributed by atoms with van der Waals surface area (Å²) in [5.41, 5.74) is 3.52. The SMILES string of the molecule is CCCCOc1ccc(C(=O)Oc2ccc(/C=N/NC(=O)c3ccc(Br)o3)cc2)cc1. The average molecular weight is 485 g/mol. The molecule has 0 radical (unpaired) electrons. The molecule has 0 fully saturated rings. The van der Waals surface area contributed by atoms with Crippen molar-refractivity contribution in [1.29, 1.82) is 0 Å². The molecule has 0 aliphatic rings. The number of hydrogen-bond donors (Lipinski definition) is 1. The lowest BCUT2D eigenvalue weighted by molar-refractivity contribution is 0.0734. The van der Waals surface area contributed by atoms with Crippen LogP contribution in [0.3, 0.4) is 0 Å². The molecule has 1 N–H and O–H groups in total. The van der Waals surface area contributed by atoms with Crippen LogP contribution in [0.5, 0.6) is 11.5 Å². The zero-order chi connectivity index (χ0) is 22.1. The third-order valence-corrected chi connectivity index (χ3v) is 4.55. The highest BCUT2D eigenvalue weighted by Crippen LogP contribution is 2.17. The first-order valence-corrected chi connectivity index (χ1v) is 10.5. The Labute approximate surface area is 188 Å². The Morgan fingerprint density at radius 1 is 1.03 bits per heavy atom. The quantitative estimate of drug-likeness (QED) is 0.148. The van der Waals surface area contributed by atoms with Gasteiger partial charge in [0.1, 0.15) is 11.5 Å². The highest BCUT2D eigenvalue weighted by atomic mass is 79.9. The van der Waals surface area contributed by atoms with Gasteiger partial charge in [-0.1, -0.05) is 13.3 Å². The Morgan fingerprint density at radius 2 is 1.74 bits per heavy atom. The van der Waals surface area contributed by atoms with Crippen molar-refractivity contribution in [3.63, 3.8) is 0 Å². The molecule has 1 heterocycles. The molecule has 0 aliphatic carbocycles. The van der Waals surface area contributed by atoms with Crippen LogP contribution in [0.4, 0.5) is 0 Å². The number of nitrogens with zero attached hydrogens (tertiary/aromatic N) is 1. The van der Waals surface area contributed by atoms with Gasteiger partial charge < -0.3 is 13.9 Å². The van der Waals surface area contributed by atoms with E-state index >= 15 is 0 Å². The number of rotatable bonds is 9. The van der Waals surface area contributed by atoms with Crippen molar-refractivity contribution in [2.24, 2.45) is 5.10 Å². The van der Waals surface area contributed by atoms with Crippen molar-refractivity contribution in [2.45, 2.75) is 19.8 Å². The molecular formula is C23H21BrN2O5. The lowest BCUT2D eigenvalue weighted by atomic mass is 10.2. The molecule has 8 heteroatoms. The summed E-state index contributed by atoms with van der Waals surface area (Å²) in [6, 6.07) is 16.7. The summed E-state index contributed by atoms with van der Waals surface area (Å²) in [6.45, 7) is 2.75. The first-order chi connectivity index (χ1) is 15.0. The maximum Gasteiger partial charge on any atom is 0.343 e. The number of hydrogen-bond acceptors (Lipinski definition) is 6. The normalized spacial score (nSPS) is 10.8. The van der Waals surface area contributed by atoms with Crippen molar-refractivity contribution in [3.05, 3.63) is 82.2 Å². The summed E-state index contributed by atoms with van der Waals surface area (Å²) in [6.07, 6.45) is 3.52. The van der Waals surface area contributed by atoms with Gasteiger partial charge in [-0.05, 0) is 88.6 Å². The summed E-state index contributed by atoms with van der Waals surface area (Å²) < 4.78 is 16.6. The summed E-state index contributed by atoms with van der Waals surface area (Å²) in [7, 11) is 0. The van der Waals surface area contributed by atoms with Crippen LogP contribution in [0.25, 0.3) is 0 Å². The fraction of sp³-hybridized carbons (Fsp3) is 0.174. The fourth-order valence-electron chi connectivity index (χ4n) is 2.47. The fourth-order valence-corrected chi connectivity index (χ4v) is 2.77.